The lowest BCUT2D eigenvalue weighted by molar-refractivity contribution is 0.0842. The minimum Gasteiger partial charge on any atom is -0.391 e. The Bertz CT molecular complexity index is 399. The zero-order valence-electron chi connectivity index (χ0n) is 9.98. The molecule has 2 nitrogen and oxygen atoms in total. The Morgan fingerprint density at radius 3 is 2.56 bits per heavy atom. The van der Waals surface area contributed by atoms with E-state index >= 15 is 0 Å². The van der Waals surface area contributed by atoms with Crippen molar-refractivity contribution in [1.29, 1.82) is 0 Å². The van der Waals surface area contributed by atoms with E-state index in [2.05, 4.69) is 15.9 Å². The van der Waals surface area contributed by atoms with Gasteiger partial charge in [0.1, 0.15) is 5.82 Å². The second-order valence-electron chi connectivity index (χ2n) is 4.70. The van der Waals surface area contributed by atoms with Crippen LogP contribution >= 0.6 is 28.3 Å². The van der Waals surface area contributed by atoms with Crippen LogP contribution in [-0.4, -0.2) is 11.2 Å². The van der Waals surface area contributed by atoms with Gasteiger partial charge in [-0.2, -0.15) is 0 Å². The number of halogens is 3. The van der Waals surface area contributed by atoms with Crippen molar-refractivity contribution in [1.82, 2.24) is 0 Å². The predicted octanol–water partition coefficient (Wildman–Crippen LogP) is 3.56. The van der Waals surface area contributed by atoms with E-state index in [1.165, 1.54) is 6.07 Å². The average Bonchev–Trinajstić information content (AvgIpc) is 2.84. The monoisotopic (exact) mass is 337 g/mol. The second kappa shape index (κ2) is 6.85. The molecule has 18 heavy (non-hydrogen) atoms. The van der Waals surface area contributed by atoms with Crippen LogP contribution in [0, 0.1) is 11.7 Å². The lowest BCUT2D eigenvalue weighted by Gasteiger charge is -2.25. The fourth-order valence-electron chi connectivity index (χ4n) is 2.55. The van der Waals surface area contributed by atoms with Crippen molar-refractivity contribution >= 4 is 28.3 Å². The Hall–Kier alpha value is -0.160. The van der Waals surface area contributed by atoms with Crippen LogP contribution in [0.25, 0.3) is 0 Å². The molecule has 0 unspecified atom stereocenters. The summed E-state index contributed by atoms with van der Waals surface area (Å²) in [5.41, 5.74) is 6.68. The molecule has 2 atom stereocenters. The second-order valence-corrected chi connectivity index (χ2v) is 5.50. The molecule has 0 aliphatic heterocycles. The highest BCUT2D eigenvalue weighted by Crippen LogP contribution is 2.35. The first-order valence-electron chi connectivity index (χ1n) is 5.99. The van der Waals surface area contributed by atoms with E-state index in [-0.39, 0.29) is 24.1 Å². The summed E-state index contributed by atoms with van der Waals surface area (Å²) in [6.45, 7) is 0. The molecule has 1 saturated carbocycles. The van der Waals surface area contributed by atoms with Crippen molar-refractivity contribution in [3.63, 3.8) is 0 Å². The Morgan fingerprint density at radius 1 is 1.33 bits per heavy atom. The van der Waals surface area contributed by atoms with Gasteiger partial charge in [0.2, 0.25) is 0 Å². The number of aliphatic hydroxyl groups is 1. The summed E-state index contributed by atoms with van der Waals surface area (Å²) in [7, 11) is 0. The van der Waals surface area contributed by atoms with Crippen LogP contribution in [0.1, 0.15) is 37.3 Å². The SMILES string of the molecule is Cl.N[C@H](c1cccc(F)c1Br)[C@@H](O)C1CCCC1. The van der Waals surface area contributed by atoms with Crippen molar-refractivity contribution in [2.24, 2.45) is 11.7 Å². The normalized spacial score (nSPS) is 19.3. The van der Waals surface area contributed by atoms with E-state index in [9.17, 15) is 9.50 Å². The summed E-state index contributed by atoms with van der Waals surface area (Å²) in [5, 5.41) is 10.2. The Kier molecular flexibility index (Phi) is 6.05. The van der Waals surface area contributed by atoms with Gasteiger partial charge in [-0.15, -0.1) is 12.4 Å². The maximum Gasteiger partial charge on any atom is 0.137 e. The number of hydrogen-bond acceptors (Lipinski definition) is 2. The molecule has 2 rings (SSSR count). The highest BCUT2D eigenvalue weighted by atomic mass is 79.9. The number of benzene rings is 1. The summed E-state index contributed by atoms with van der Waals surface area (Å²) in [6, 6.07) is 4.23. The van der Waals surface area contributed by atoms with Gasteiger partial charge in [0.05, 0.1) is 16.6 Å². The number of hydrogen-bond donors (Lipinski definition) is 2. The molecule has 0 radical (unpaired) electrons. The van der Waals surface area contributed by atoms with E-state index in [0.717, 1.165) is 25.7 Å². The van der Waals surface area contributed by atoms with Crippen molar-refractivity contribution in [3.05, 3.63) is 34.1 Å². The van der Waals surface area contributed by atoms with Gasteiger partial charge in [0.15, 0.2) is 0 Å². The highest BCUT2D eigenvalue weighted by molar-refractivity contribution is 9.10. The van der Waals surface area contributed by atoms with Crippen molar-refractivity contribution < 1.29 is 9.50 Å². The lowest BCUT2D eigenvalue weighted by Crippen LogP contribution is -2.32. The van der Waals surface area contributed by atoms with Gasteiger partial charge in [-0.25, -0.2) is 4.39 Å². The van der Waals surface area contributed by atoms with Crippen molar-refractivity contribution in [3.8, 4) is 0 Å². The quantitative estimate of drug-likeness (QED) is 0.885. The molecule has 0 amide bonds. The summed E-state index contributed by atoms with van der Waals surface area (Å²) >= 11 is 3.19. The minimum absolute atomic E-state index is 0. The fraction of sp³-hybridized carbons (Fsp3) is 0.538. The van der Waals surface area contributed by atoms with E-state index in [4.69, 9.17) is 5.73 Å². The minimum atomic E-state index is -0.587. The fourth-order valence-corrected chi connectivity index (χ4v) is 3.08. The molecule has 3 N–H and O–H groups in total. The molecule has 1 aromatic rings. The lowest BCUT2D eigenvalue weighted by atomic mass is 9.91. The van der Waals surface area contributed by atoms with Crippen molar-refractivity contribution in [2.75, 3.05) is 0 Å². The van der Waals surface area contributed by atoms with Gasteiger partial charge < -0.3 is 10.8 Å². The molecule has 0 aromatic heterocycles. The maximum atomic E-state index is 13.4. The van der Waals surface area contributed by atoms with E-state index in [1.807, 2.05) is 0 Å². The number of aliphatic hydroxyl groups excluding tert-OH is 1. The summed E-state index contributed by atoms with van der Waals surface area (Å²) in [6.07, 6.45) is 3.75. The Labute approximate surface area is 121 Å². The molecular weight excluding hydrogens is 321 g/mol. The molecule has 102 valence electrons. The van der Waals surface area contributed by atoms with Gasteiger partial charge in [0, 0.05) is 0 Å². The molecule has 0 spiro atoms. The molecule has 0 heterocycles. The molecule has 1 aliphatic rings. The van der Waals surface area contributed by atoms with Crippen LogP contribution in [-0.2, 0) is 0 Å². The van der Waals surface area contributed by atoms with Crippen LogP contribution in [0.15, 0.2) is 22.7 Å². The molecule has 0 bridgehead atoms. The first kappa shape index (κ1) is 15.9. The van der Waals surface area contributed by atoms with Gasteiger partial charge in [-0.05, 0) is 46.3 Å². The van der Waals surface area contributed by atoms with E-state index in [1.54, 1.807) is 12.1 Å². The van der Waals surface area contributed by atoms with Crippen molar-refractivity contribution in [2.45, 2.75) is 37.8 Å². The Morgan fingerprint density at radius 2 is 1.94 bits per heavy atom. The maximum absolute atomic E-state index is 13.4. The van der Waals surface area contributed by atoms with Gasteiger partial charge >= 0.3 is 0 Å². The molecule has 1 fully saturated rings. The molecular formula is C13H18BrClFNO. The third kappa shape index (κ3) is 3.23. The summed E-state index contributed by atoms with van der Waals surface area (Å²) in [5.74, 6) is -0.0864. The van der Waals surface area contributed by atoms with Crippen LogP contribution in [0.5, 0.6) is 0 Å². The number of rotatable bonds is 3. The van der Waals surface area contributed by atoms with Crippen LogP contribution in [0.4, 0.5) is 4.39 Å². The molecule has 5 heteroatoms. The summed E-state index contributed by atoms with van der Waals surface area (Å²) < 4.78 is 13.8. The average molecular weight is 339 g/mol. The summed E-state index contributed by atoms with van der Waals surface area (Å²) in [4.78, 5) is 0. The smallest absolute Gasteiger partial charge is 0.137 e. The van der Waals surface area contributed by atoms with Gasteiger partial charge in [0.25, 0.3) is 0 Å². The molecule has 1 aromatic carbocycles. The zero-order valence-corrected chi connectivity index (χ0v) is 12.4. The predicted molar refractivity (Wildman–Crippen MR) is 76.2 cm³/mol. The molecule has 0 saturated heterocycles. The van der Waals surface area contributed by atoms with E-state index in [0.29, 0.717) is 10.0 Å². The molecule has 1 aliphatic carbocycles. The Balaban J connectivity index is 0.00000162. The third-order valence-corrected chi connectivity index (χ3v) is 4.43. The topological polar surface area (TPSA) is 46.2 Å². The van der Waals surface area contributed by atoms with Crippen LogP contribution in [0.3, 0.4) is 0 Å². The largest absolute Gasteiger partial charge is 0.391 e. The van der Waals surface area contributed by atoms with Crippen LogP contribution in [0.2, 0.25) is 0 Å². The van der Waals surface area contributed by atoms with Gasteiger partial charge in [-0.3, -0.25) is 0 Å². The first-order valence-corrected chi connectivity index (χ1v) is 6.78. The third-order valence-electron chi connectivity index (χ3n) is 3.59. The van der Waals surface area contributed by atoms with Crippen LogP contribution < -0.4 is 5.73 Å². The zero-order chi connectivity index (χ0) is 12.4. The van der Waals surface area contributed by atoms with Gasteiger partial charge in [-0.1, -0.05) is 25.0 Å². The first-order chi connectivity index (χ1) is 8.11. The highest BCUT2D eigenvalue weighted by Gasteiger charge is 2.29. The standard InChI is InChI=1S/C13H17BrFNO.ClH/c14-11-9(6-3-7-10(11)15)12(16)13(17)8-4-1-2-5-8;/h3,6-8,12-13,17H,1-2,4-5,16H2;1H/t12-,13+;/m1./s1. The van der Waals surface area contributed by atoms with E-state index < -0.39 is 12.1 Å². The number of nitrogens with two attached hydrogens (primary N) is 1.